The lowest BCUT2D eigenvalue weighted by atomic mass is 10.1. The summed E-state index contributed by atoms with van der Waals surface area (Å²) in [6.07, 6.45) is 0. The molecule has 1 rings (SSSR count). The number of phenols is 1. The number of benzene rings is 1. The molecule has 0 atom stereocenters. The van der Waals surface area contributed by atoms with Crippen molar-refractivity contribution in [2.45, 2.75) is 13.5 Å². The quantitative estimate of drug-likeness (QED) is 0.412. The molecule has 0 unspecified atom stereocenters. The molecule has 0 aliphatic carbocycles. The van der Waals surface area contributed by atoms with Crippen LogP contribution in [0.5, 0.6) is 5.75 Å². The van der Waals surface area contributed by atoms with Crippen LogP contribution in [0.4, 0.5) is 5.69 Å². The van der Waals surface area contributed by atoms with Crippen molar-refractivity contribution in [3.63, 3.8) is 0 Å². The third-order valence-corrected chi connectivity index (χ3v) is 1.53. The minimum Gasteiger partial charge on any atom is -0.505 e. The lowest BCUT2D eigenvalue weighted by Crippen LogP contribution is -1.92. The average Bonchev–Trinajstić information content (AvgIpc) is 1.96. The van der Waals surface area contributed by atoms with Gasteiger partial charge in [-0.15, -0.1) is 0 Å². The van der Waals surface area contributed by atoms with Crippen LogP contribution in [-0.2, 0) is 6.61 Å². The minimum absolute atomic E-state index is 0.0156. The highest BCUT2D eigenvalue weighted by molar-refractivity contribution is 5.57. The van der Waals surface area contributed by atoms with Gasteiger partial charge in [0.2, 0.25) is 0 Å². The lowest BCUT2D eigenvalue weighted by molar-refractivity contribution is 0.275. The van der Waals surface area contributed by atoms with Gasteiger partial charge in [0.05, 0.1) is 12.3 Å². The molecule has 1 aromatic carbocycles. The van der Waals surface area contributed by atoms with Gasteiger partial charge in [-0.05, 0) is 24.6 Å². The van der Waals surface area contributed by atoms with Gasteiger partial charge in [-0.25, -0.2) is 0 Å². The van der Waals surface area contributed by atoms with Crippen LogP contribution in [0, 0.1) is 6.92 Å². The van der Waals surface area contributed by atoms with Gasteiger partial charge >= 0.3 is 0 Å². The van der Waals surface area contributed by atoms with E-state index in [-0.39, 0.29) is 12.4 Å². The normalized spacial score (nSPS) is 10.0. The zero-order chi connectivity index (χ0) is 8.43. The van der Waals surface area contributed by atoms with Gasteiger partial charge in [-0.2, -0.15) is 0 Å². The summed E-state index contributed by atoms with van der Waals surface area (Å²) in [5.41, 5.74) is 7.16. The molecule has 3 heteroatoms. The summed E-state index contributed by atoms with van der Waals surface area (Å²) >= 11 is 0. The van der Waals surface area contributed by atoms with Crippen LogP contribution in [0.1, 0.15) is 11.1 Å². The molecule has 0 amide bonds. The molecule has 0 spiro atoms. The predicted octanol–water partition coefficient (Wildman–Crippen LogP) is 0.775. The van der Waals surface area contributed by atoms with E-state index in [0.29, 0.717) is 11.3 Å². The van der Waals surface area contributed by atoms with Crippen LogP contribution in [0.25, 0.3) is 0 Å². The van der Waals surface area contributed by atoms with E-state index < -0.39 is 0 Å². The van der Waals surface area contributed by atoms with Gasteiger partial charge in [0.25, 0.3) is 0 Å². The van der Waals surface area contributed by atoms with Gasteiger partial charge in [0, 0.05) is 5.56 Å². The van der Waals surface area contributed by atoms with Crippen molar-refractivity contribution in [1.82, 2.24) is 0 Å². The molecule has 0 saturated carbocycles. The molecule has 1 aromatic rings. The second kappa shape index (κ2) is 2.80. The number of aliphatic hydroxyl groups excluding tert-OH is 1. The maximum Gasteiger partial charge on any atom is 0.143 e. The van der Waals surface area contributed by atoms with Crippen molar-refractivity contribution in [3.05, 3.63) is 23.3 Å². The highest BCUT2D eigenvalue weighted by Gasteiger charge is 2.03. The van der Waals surface area contributed by atoms with Gasteiger partial charge in [-0.3, -0.25) is 0 Å². The Morgan fingerprint density at radius 2 is 2.09 bits per heavy atom. The van der Waals surface area contributed by atoms with Crippen molar-refractivity contribution in [3.8, 4) is 5.75 Å². The third kappa shape index (κ3) is 1.43. The molecule has 0 aliphatic rings. The van der Waals surface area contributed by atoms with Crippen molar-refractivity contribution in [1.29, 1.82) is 0 Å². The van der Waals surface area contributed by atoms with Crippen LogP contribution in [0.2, 0.25) is 0 Å². The molecule has 60 valence electrons. The van der Waals surface area contributed by atoms with Crippen molar-refractivity contribution >= 4 is 5.69 Å². The van der Waals surface area contributed by atoms with Crippen molar-refractivity contribution in [2.75, 3.05) is 5.73 Å². The standard InChI is InChI=1S/C8H11NO2/c1-5-2-6(4-10)8(11)7(9)3-5/h2-3,10-11H,4,9H2,1H3. The molecular formula is C8H11NO2. The SMILES string of the molecule is Cc1cc(N)c(O)c(CO)c1. The Labute approximate surface area is 65.1 Å². The Hall–Kier alpha value is -1.22. The first-order valence-corrected chi connectivity index (χ1v) is 3.34. The molecule has 0 bridgehead atoms. The fourth-order valence-corrected chi connectivity index (χ4v) is 1.00. The second-order valence-electron chi connectivity index (χ2n) is 2.52. The van der Waals surface area contributed by atoms with Gasteiger partial charge in [0.15, 0.2) is 0 Å². The average molecular weight is 153 g/mol. The lowest BCUT2D eigenvalue weighted by Gasteiger charge is -2.05. The zero-order valence-corrected chi connectivity index (χ0v) is 6.33. The summed E-state index contributed by atoms with van der Waals surface area (Å²) in [5, 5.41) is 18.0. The topological polar surface area (TPSA) is 66.5 Å². The van der Waals surface area contributed by atoms with Crippen LogP contribution in [0.3, 0.4) is 0 Å². The number of hydrogen-bond acceptors (Lipinski definition) is 3. The first-order valence-electron chi connectivity index (χ1n) is 3.34. The van der Waals surface area contributed by atoms with E-state index in [1.165, 1.54) is 0 Å². The molecule has 0 fully saturated rings. The first-order chi connectivity index (χ1) is 5.15. The van der Waals surface area contributed by atoms with E-state index in [2.05, 4.69) is 0 Å². The van der Waals surface area contributed by atoms with Crippen molar-refractivity contribution < 1.29 is 10.2 Å². The van der Waals surface area contributed by atoms with E-state index in [9.17, 15) is 5.11 Å². The summed E-state index contributed by atoms with van der Waals surface area (Å²) in [6, 6.07) is 3.36. The number of nitrogens with two attached hydrogens (primary N) is 1. The van der Waals surface area contributed by atoms with E-state index in [4.69, 9.17) is 10.8 Å². The Balaban J connectivity index is 3.24. The molecular weight excluding hydrogens is 142 g/mol. The molecule has 0 aromatic heterocycles. The number of hydrogen-bond donors (Lipinski definition) is 3. The second-order valence-corrected chi connectivity index (χ2v) is 2.52. The number of aliphatic hydroxyl groups is 1. The van der Waals surface area contributed by atoms with Crippen LogP contribution in [0.15, 0.2) is 12.1 Å². The number of rotatable bonds is 1. The highest BCUT2D eigenvalue weighted by atomic mass is 16.3. The molecule has 0 saturated heterocycles. The zero-order valence-electron chi connectivity index (χ0n) is 6.33. The Morgan fingerprint density at radius 3 is 2.64 bits per heavy atom. The predicted molar refractivity (Wildman–Crippen MR) is 43.2 cm³/mol. The fourth-order valence-electron chi connectivity index (χ4n) is 1.00. The van der Waals surface area contributed by atoms with E-state index in [0.717, 1.165) is 5.56 Å². The molecule has 0 heterocycles. The molecule has 0 radical (unpaired) electrons. The summed E-state index contributed by atoms with van der Waals surface area (Å²) in [4.78, 5) is 0. The number of aryl methyl sites for hydroxylation is 1. The number of aromatic hydroxyl groups is 1. The van der Waals surface area contributed by atoms with Gasteiger partial charge in [0.1, 0.15) is 5.75 Å². The van der Waals surface area contributed by atoms with E-state index in [1.54, 1.807) is 12.1 Å². The summed E-state index contributed by atoms with van der Waals surface area (Å²) in [5.74, 6) is -0.0156. The molecule has 3 nitrogen and oxygen atoms in total. The highest BCUT2D eigenvalue weighted by Crippen LogP contribution is 2.26. The largest absolute Gasteiger partial charge is 0.505 e. The Kier molecular flexibility index (Phi) is 2.01. The van der Waals surface area contributed by atoms with Gasteiger partial charge in [-0.1, -0.05) is 0 Å². The Bertz CT molecular complexity index is 271. The van der Waals surface area contributed by atoms with Crippen LogP contribution < -0.4 is 5.73 Å². The first kappa shape index (κ1) is 7.88. The molecule has 11 heavy (non-hydrogen) atoms. The van der Waals surface area contributed by atoms with Crippen molar-refractivity contribution in [2.24, 2.45) is 0 Å². The number of anilines is 1. The molecule has 4 N–H and O–H groups in total. The maximum atomic E-state index is 9.24. The smallest absolute Gasteiger partial charge is 0.143 e. The van der Waals surface area contributed by atoms with Gasteiger partial charge < -0.3 is 15.9 Å². The number of nitrogen functional groups attached to an aromatic ring is 1. The van der Waals surface area contributed by atoms with E-state index >= 15 is 0 Å². The minimum atomic E-state index is -0.183. The summed E-state index contributed by atoms with van der Waals surface area (Å²) in [7, 11) is 0. The van der Waals surface area contributed by atoms with Crippen LogP contribution in [-0.4, -0.2) is 10.2 Å². The Morgan fingerprint density at radius 1 is 1.45 bits per heavy atom. The molecule has 0 aliphatic heterocycles. The summed E-state index contributed by atoms with van der Waals surface area (Å²) < 4.78 is 0. The van der Waals surface area contributed by atoms with Crippen LogP contribution >= 0.6 is 0 Å². The third-order valence-electron chi connectivity index (χ3n) is 1.53. The summed E-state index contributed by atoms with van der Waals surface area (Å²) in [6.45, 7) is 1.67. The monoisotopic (exact) mass is 153 g/mol. The fraction of sp³-hybridized carbons (Fsp3) is 0.250. The van der Waals surface area contributed by atoms with E-state index in [1.807, 2.05) is 6.92 Å². The maximum absolute atomic E-state index is 9.24.